The van der Waals surface area contributed by atoms with Crippen LogP contribution in [0.3, 0.4) is 0 Å². The van der Waals surface area contributed by atoms with Crippen LogP contribution in [0.1, 0.15) is 125 Å². The van der Waals surface area contributed by atoms with Gasteiger partial charge in [0.1, 0.15) is 12.1 Å². The van der Waals surface area contributed by atoms with Crippen LogP contribution in [0.15, 0.2) is 36.4 Å². The molecule has 2 heteroatoms. The number of hydrogen-bond donors (Lipinski definition) is 0. The standard InChI is InChI=1S/C32H40N2/c1-3-5-23-7-11-25(12-8-23)26-15-17-28(18-16-26)30-20-19-29(31(21-33)32(30)22-34)27-13-9-24(6-4-2)10-14-27/h15-20,23-25,27H,3-14H2,1-2H3. The molecule has 4 rings (SSSR count). The molecule has 0 atom stereocenters. The zero-order chi connectivity index (χ0) is 23.9. The summed E-state index contributed by atoms with van der Waals surface area (Å²) >= 11 is 0. The van der Waals surface area contributed by atoms with Crippen LogP contribution in [0.2, 0.25) is 0 Å². The Morgan fingerprint density at radius 1 is 0.647 bits per heavy atom. The average molecular weight is 453 g/mol. The van der Waals surface area contributed by atoms with E-state index in [1.165, 1.54) is 69.8 Å². The summed E-state index contributed by atoms with van der Waals surface area (Å²) in [6.45, 7) is 4.56. The van der Waals surface area contributed by atoms with Crippen molar-refractivity contribution >= 4 is 0 Å². The second kappa shape index (κ2) is 11.7. The van der Waals surface area contributed by atoms with Crippen molar-refractivity contribution in [3.05, 3.63) is 58.7 Å². The number of hydrogen-bond acceptors (Lipinski definition) is 2. The Morgan fingerprint density at radius 3 is 1.68 bits per heavy atom. The van der Waals surface area contributed by atoms with Gasteiger partial charge in [-0.15, -0.1) is 0 Å². The lowest BCUT2D eigenvalue weighted by Crippen LogP contribution is -2.14. The fourth-order valence-electron chi connectivity index (χ4n) is 6.73. The van der Waals surface area contributed by atoms with Crippen molar-refractivity contribution < 1.29 is 0 Å². The predicted octanol–water partition coefficient (Wildman–Crippen LogP) is 9.24. The van der Waals surface area contributed by atoms with E-state index in [9.17, 15) is 10.5 Å². The Kier molecular flexibility index (Phi) is 8.45. The summed E-state index contributed by atoms with van der Waals surface area (Å²) in [4.78, 5) is 0. The summed E-state index contributed by atoms with van der Waals surface area (Å²) in [6.07, 6.45) is 15.3. The highest BCUT2D eigenvalue weighted by Crippen LogP contribution is 2.41. The third-order valence-corrected chi connectivity index (χ3v) is 8.68. The van der Waals surface area contributed by atoms with Gasteiger partial charge in [-0.2, -0.15) is 10.5 Å². The molecule has 0 N–H and O–H groups in total. The van der Waals surface area contributed by atoms with Gasteiger partial charge in [0.15, 0.2) is 0 Å². The van der Waals surface area contributed by atoms with E-state index in [1.807, 2.05) is 0 Å². The normalized spacial score (nSPS) is 24.8. The quantitative estimate of drug-likeness (QED) is 0.420. The molecule has 2 aliphatic carbocycles. The molecule has 2 aromatic rings. The predicted molar refractivity (Wildman–Crippen MR) is 141 cm³/mol. The van der Waals surface area contributed by atoms with Gasteiger partial charge in [0.2, 0.25) is 0 Å². The summed E-state index contributed by atoms with van der Waals surface area (Å²) in [5.41, 5.74) is 5.65. The molecule has 0 amide bonds. The maximum Gasteiger partial charge on any atom is 0.101 e. The van der Waals surface area contributed by atoms with Gasteiger partial charge in [-0.05, 0) is 91.7 Å². The Balaban J connectivity index is 1.52. The van der Waals surface area contributed by atoms with Crippen molar-refractivity contribution in [2.45, 2.75) is 103 Å². The van der Waals surface area contributed by atoms with E-state index in [2.05, 4.69) is 62.4 Å². The lowest BCUT2D eigenvalue weighted by molar-refractivity contribution is 0.308. The molecule has 2 nitrogen and oxygen atoms in total. The minimum atomic E-state index is 0.411. The molecule has 2 fully saturated rings. The smallest absolute Gasteiger partial charge is 0.101 e. The third-order valence-electron chi connectivity index (χ3n) is 8.68. The molecule has 0 radical (unpaired) electrons. The van der Waals surface area contributed by atoms with Crippen molar-refractivity contribution in [3.63, 3.8) is 0 Å². The van der Waals surface area contributed by atoms with E-state index in [4.69, 9.17) is 0 Å². The maximum atomic E-state index is 10.1. The first-order chi connectivity index (χ1) is 16.7. The van der Waals surface area contributed by atoms with Crippen LogP contribution in [0, 0.1) is 34.5 Å². The Morgan fingerprint density at radius 2 is 1.18 bits per heavy atom. The summed E-state index contributed by atoms with van der Waals surface area (Å²) in [7, 11) is 0. The topological polar surface area (TPSA) is 47.6 Å². The van der Waals surface area contributed by atoms with Gasteiger partial charge < -0.3 is 0 Å². The first kappa shape index (κ1) is 24.5. The van der Waals surface area contributed by atoms with Crippen LogP contribution < -0.4 is 0 Å². The van der Waals surface area contributed by atoms with Crippen molar-refractivity contribution in [1.29, 1.82) is 10.5 Å². The van der Waals surface area contributed by atoms with Crippen LogP contribution >= 0.6 is 0 Å². The molecular formula is C32H40N2. The molecule has 2 saturated carbocycles. The van der Waals surface area contributed by atoms with Crippen LogP contribution in [-0.4, -0.2) is 0 Å². The van der Waals surface area contributed by atoms with Gasteiger partial charge in [0, 0.05) is 5.56 Å². The molecule has 0 bridgehead atoms. The number of nitrogens with zero attached hydrogens (tertiary/aromatic N) is 2. The average Bonchev–Trinajstić information content (AvgIpc) is 2.89. The third kappa shape index (κ3) is 5.39. The zero-order valence-corrected chi connectivity index (χ0v) is 21.2. The Hall–Kier alpha value is -2.58. The lowest BCUT2D eigenvalue weighted by atomic mass is 9.75. The minimum absolute atomic E-state index is 0.411. The first-order valence-corrected chi connectivity index (χ1v) is 13.8. The van der Waals surface area contributed by atoms with Gasteiger partial charge in [-0.25, -0.2) is 0 Å². The largest absolute Gasteiger partial charge is 0.192 e. The van der Waals surface area contributed by atoms with Crippen molar-refractivity contribution in [3.8, 4) is 23.3 Å². The highest BCUT2D eigenvalue weighted by molar-refractivity contribution is 5.75. The van der Waals surface area contributed by atoms with Gasteiger partial charge >= 0.3 is 0 Å². The highest BCUT2D eigenvalue weighted by Gasteiger charge is 2.26. The van der Waals surface area contributed by atoms with E-state index in [-0.39, 0.29) is 0 Å². The monoisotopic (exact) mass is 452 g/mol. The molecule has 0 aromatic heterocycles. The molecule has 2 aromatic carbocycles. The van der Waals surface area contributed by atoms with Crippen LogP contribution in [0.5, 0.6) is 0 Å². The zero-order valence-electron chi connectivity index (χ0n) is 21.2. The van der Waals surface area contributed by atoms with Crippen LogP contribution in [0.25, 0.3) is 11.1 Å². The van der Waals surface area contributed by atoms with Crippen molar-refractivity contribution in [2.75, 3.05) is 0 Å². The first-order valence-electron chi connectivity index (χ1n) is 13.8. The van der Waals surface area contributed by atoms with Gasteiger partial charge in [0.25, 0.3) is 0 Å². The summed E-state index contributed by atoms with van der Waals surface area (Å²) in [5.74, 6) is 2.83. The van der Waals surface area contributed by atoms with Crippen LogP contribution in [-0.2, 0) is 0 Å². The second-order valence-corrected chi connectivity index (χ2v) is 10.8. The number of rotatable bonds is 7. The highest BCUT2D eigenvalue weighted by atomic mass is 14.3. The number of benzene rings is 2. The molecule has 0 saturated heterocycles. The fraction of sp³-hybridized carbons (Fsp3) is 0.562. The lowest BCUT2D eigenvalue weighted by Gasteiger charge is -2.29. The van der Waals surface area contributed by atoms with Gasteiger partial charge in [0.05, 0.1) is 11.1 Å². The molecular weight excluding hydrogens is 412 g/mol. The number of nitriles is 2. The molecule has 34 heavy (non-hydrogen) atoms. The van der Waals surface area contributed by atoms with E-state index in [0.29, 0.717) is 23.0 Å². The molecule has 0 spiro atoms. The van der Waals surface area contributed by atoms with E-state index in [1.54, 1.807) is 0 Å². The summed E-state index contributed by atoms with van der Waals surface area (Å²) < 4.78 is 0. The van der Waals surface area contributed by atoms with E-state index >= 15 is 0 Å². The van der Waals surface area contributed by atoms with Gasteiger partial charge in [-0.3, -0.25) is 0 Å². The maximum absolute atomic E-state index is 10.1. The molecule has 178 valence electrons. The summed E-state index contributed by atoms with van der Waals surface area (Å²) in [6, 6.07) is 17.9. The molecule has 0 unspecified atom stereocenters. The SMILES string of the molecule is CCCC1CCC(c2ccc(-c3ccc(C4CCC(CCC)CC4)c(C#N)c3C#N)cc2)CC1. The molecule has 0 heterocycles. The summed E-state index contributed by atoms with van der Waals surface area (Å²) in [5, 5.41) is 20.1. The van der Waals surface area contributed by atoms with Crippen LogP contribution in [0.4, 0.5) is 0 Å². The minimum Gasteiger partial charge on any atom is -0.192 e. The Bertz CT molecular complexity index is 1020. The van der Waals surface area contributed by atoms with Crippen molar-refractivity contribution in [1.82, 2.24) is 0 Å². The van der Waals surface area contributed by atoms with Crippen molar-refractivity contribution in [2.24, 2.45) is 11.8 Å². The molecule has 2 aliphatic rings. The van der Waals surface area contributed by atoms with Gasteiger partial charge in [-0.1, -0.05) is 75.9 Å². The van der Waals surface area contributed by atoms with E-state index in [0.717, 1.165) is 41.4 Å². The Labute approximate surface area is 207 Å². The molecule has 0 aliphatic heterocycles. The second-order valence-electron chi connectivity index (χ2n) is 10.8. The van der Waals surface area contributed by atoms with E-state index < -0.39 is 0 Å². The fourth-order valence-corrected chi connectivity index (χ4v) is 6.73.